The quantitative estimate of drug-likeness (QED) is 0.136. The van der Waals surface area contributed by atoms with E-state index in [4.69, 9.17) is 14.1 Å². The Morgan fingerprint density at radius 2 is 1.60 bits per heavy atom. The smallest absolute Gasteiger partial charge is 0.335 e. The van der Waals surface area contributed by atoms with Crippen LogP contribution in [0.25, 0.3) is 33.7 Å². The van der Waals surface area contributed by atoms with E-state index in [1.165, 1.54) is 30.9 Å². The fraction of sp³-hybridized carbons (Fsp3) is 0.0556. The lowest BCUT2D eigenvalue weighted by Gasteiger charge is -2.16. The fourth-order valence-electron chi connectivity index (χ4n) is 5.39. The maximum atomic E-state index is 13.3. The van der Waals surface area contributed by atoms with Crippen molar-refractivity contribution in [1.82, 2.24) is 4.98 Å². The number of carboxylic acid groups (broad SMARTS) is 1. The summed E-state index contributed by atoms with van der Waals surface area (Å²) in [6.07, 6.45) is 0. The zero-order valence-electron chi connectivity index (χ0n) is 23.9. The van der Waals surface area contributed by atoms with Gasteiger partial charge in [0.05, 0.1) is 35.1 Å². The van der Waals surface area contributed by atoms with Crippen molar-refractivity contribution in [1.29, 1.82) is 0 Å². The standard InChI is InChI=1S/C36H24N2O6S/c1-43-30-16-13-24(38-34(39)26-14-11-23(36(41)42)17-27(26)35(38)40)19-28(30)33-37-29-18-22(12-15-31(29)44-33)25-9-5-6-10-32(25)45-20-21-7-3-2-4-8-21/h2-19H,20H2,1H3,(H,41,42). The van der Waals surface area contributed by atoms with E-state index in [0.717, 1.165) is 26.7 Å². The van der Waals surface area contributed by atoms with Crippen LogP contribution in [0.1, 0.15) is 36.6 Å². The first kappa shape index (κ1) is 28.1. The van der Waals surface area contributed by atoms with Gasteiger partial charge in [0, 0.05) is 10.6 Å². The van der Waals surface area contributed by atoms with E-state index in [-0.39, 0.29) is 28.3 Å². The van der Waals surface area contributed by atoms with Crippen molar-refractivity contribution in [3.05, 3.63) is 131 Å². The number of ether oxygens (including phenoxy) is 1. The largest absolute Gasteiger partial charge is 0.496 e. The van der Waals surface area contributed by atoms with Gasteiger partial charge in [-0.25, -0.2) is 14.7 Å². The molecule has 6 aromatic rings. The normalized spacial score (nSPS) is 12.5. The Morgan fingerprint density at radius 1 is 0.822 bits per heavy atom. The Balaban J connectivity index is 1.22. The zero-order valence-corrected chi connectivity index (χ0v) is 24.7. The molecule has 0 bridgehead atoms. The molecule has 1 N–H and O–H groups in total. The minimum absolute atomic E-state index is 0.0360. The lowest BCUT2D eigenvalue weighted by molar-refractivity contribution is 0.0696. The van der Waals surface area contributed by atoms with Gasteiger partial charge in [-0.3, -0.25) is 9.59 Å². The molecule has 1 aliphatic rings. The summed E-state index contributed by atoms with van der Waals surface area (Å²) in [7, 11) is 1.51. The molecule has 0 unspecified atom stereocenters. The summed E-state index contributed by atoms with van der Waals surface area (Å²) < 4.78 is 11.7. The van der Waals surface area contributed by atoms with Crippen LogP contribution in [0.15, 0.2) is 119 Å². The highest BCUT2D eigenvalue weighted by molar-refractivity contribution is 7.98. The van der Waals surface area contributed by atoms with Crippen molar-refractivity contribution >= 4 is 46.3 Å². The molecule has 5 aromatic carbocycles. The van der Waals surface area contributed by atoms with Crippen LogP contribution in [-0.4, -0.2) is 35.0 Å². The number of carboxylic acids is 1. The number of thioether (sulfide) groups is 1. The van der Waals surface area contributed by atoms with Crippen molar-refractivity contribution in [3.8, 4) is 28.3 Å². The van der Waals surface area contributed by atoms with Gasteiger partial charge in [0.2, 0.25) is 5.89 Å². The maximum absolute atomic E-state index is 13.3. The molecule has 0 saturated carbocycles. The molecule has 45 heavy (non-hydrogen) atoms. The molecule has 0 spiro atoms. The van der Waals surface area contributed by atoms with Crippen molar-refractivity contribution < 1.29 is 28.6 Å². The van der Waals surface area contributed by atoms with Crippen molar-refractivity contribution in [3.63, 3.8) is 0 Å². The first-order valence-corrected chi connectivity index (χ1v) is 15.0. The summed E-state index contributed by atoms with van der Waals surface area (Å²) in [5.74, 6) is -0.792. The summed E-state index contributed by atoms with van der Waals surface area (Å²) in [5, 5.41) is 9.35. The summed E-state index contributed by atoms with van der Waals surface area (Å²) in [5.41, 5.74) is 5.36. The fourth-order valence-corrected chi connectivity index (χ4v) is 6.42. The second kappa shape index (κ2) is 11.4. The van der Waals surface area contributed by atoms with Crippen LogP contribution in [0, 0.1) is 0 Å². The number of hydrogen-bond acceptors (Lipinski definition) is 7. The van der Waals surface area contributed by atoms with E-state index in [1.807, 2.05) is 48.5 Å². The van der Waals surface area contributed by atoms with Crippen LogP contribution in [0.4, 0.5) is 5.69 Å². The van der Waals surface area contributed by atoms with E-state index >= 15 is 0 Å². The molecule has 0 radical (unpaired) electrons. The van der Waals surface area contributed by atoms with Crippen LogP contribution in [0.2, 0.25) is 0 Å². The van der Waals surface area contributed by atoms with E-state index in [2.05, 4.69) is 24.3 Å². The molecule has 2 heterocycles. The van der Waals surface area contributed by atoms with E-state index in [1.54, 1.807) is 30.0 Å². The van der Waals surface area contributed by atoms with Gasteiger partial charge in [0.25, 0.3) is 11.8 Å². The SMILES string of the molecule is COc1ccc(N2C(=O)c3ccc(C(=O)O)cc3C2=O)cc1-c1nc2cc(-c3ccccc3SCc3ccccc3)ccc2o1. The first-order chi connectivity index (χ1) is 21.9. The molecular formula is C36H24N2O6S. The second-order valence-electron chi connectivity index (χ2n) is 10.4. The van der Waals surface area contributed by atoms with Gasteiger partial charge in [0.15, 0.2) is 5.58 Å². The number of anilines is 1. The highest BCUT2D eigenvalue weighted by Crippen LogP contribution is 2.39. The predicted molar refractivity (Wildman–Crippen MR) is 172 cm³/mol. The van der Waals surface area contributed by atoms with Crippen molar-refractivity contribution in [2.45, 2.75) is 10.6 Å². The summed E-state index contributed by atoms with van der Waals surface area (Å²) in [6.45, 7) is 0. The first-order valence-electron chi connectivity index (χ1n) is 14.0. The maximum Gasteiger partial charge on any atom is 0.335 e. The van der Waals surface area contributed by atoms with Crippen molar-refractivity contribution in [2.75, 3.05) is 12.0 Å². The zero-order chi connectivity index (χ0) is 31.1. The Hall–Kier alpha value is -5.67. The molecule has 220 valence electrons. The molecule has 1 aromatic heterocycles. The number of imide groups is 1. The van der Waals surface area contributed by atoms with Gasteiger partial charge in [-0.1, -0.05) is 54.6 Å². The van der Waals surface area contributed by atoms with Crippen LogP contribution in [0.3, 0.4) is 0 Å². The van der Waals surface area contributed by atoms with Crippen LogP contribution in [0.5, 0.6) is 5.75 Å². The van der Waals surface area contributed by atoms with Gasteiger partial charge < -0.3 is 14.3 Å². The lowest BCUT2D eigenvalue weighted by Crippen LogP contribution is -2.29. The average Bonchev–Trinajstić information content (AvgIpc) is 3.61. The average molecular weight is 613 g/mol. The number of hydrogen-bond donors (Lipinski definition) is 1. The number of carbonyl (C=O) groups excluding carboxylic acids is 2. The third-order valence-electron chi connectivity index (χ3n) is 7.63. The number of benzene rings is 5. The molecular weight excluding hydrogens is 588 g/mol. The Labute approximate surface area is 261 Å². The van der Waals surface area contributed by atoms with E-state index < -0.39 is 17.8 Å². The highest BCUT2D eigenvalue weighted by atomic mass is 32.2. The monoisotopic (exact) mass is 612 g/mol. The minimum Gasteiger partial charge on any atom is -0.496 e. The third kappa shape index (κ3) is 5.13. The molecule has 2 amide bonds. The highest BCUT2D eigenvalue weighted by Gasteiger charge is 2.37. The number of aromatic carboxylic acids is 1. The molecule has 7 rings (SSSR count). The van der Waals surface area contributed by atoms with Crippen LogP contribution < -0.4 is 9.64 Å². The van der Waals surface area contributed by atoms with Gasteiger partial charge in [-0.05, 0) is 71.3 Å². The number of nitrogens with zero attached hydrogens (tertiary/aromatic N) is 2. The molecule has 9 heteroatoms. The Kier molecular flexibility index (Phi) is 7.15. The number of oxazole rings is 1. The Morgan fingerprint density at radius 3 is 2.40 bits per heavy atom. The number of methoxy groups -OCH3 is 1. The number of carbonyl (C=O) groups is 3. The van der Waals surface area contributed by atoms with Gasteiger partial charge >= 0.3 is 5.97 Å². The predicted octanol–water partition coefficient (Wildman–Crippen LogP) is 7.96. The summed E-state index contributed by atoms with van der Waals surface area (Å²) >= 11 is 1.77. The number of fused-ring (bicyclic) bond motifs is 2. The summed E-state index contributed by atoms with van der Waals surface area (Å²) in [4.78, 5) is 44.9. The van der Waals surface area contributed by atoms with Crippen molar-refractivity contribution in [2.24, 2.45) is 0 Å². The second-order valence-corrected chi connectivity index (χ2v) is 11.4. The van der Waals surface area contributed by atoms with Crippen LogP contribution >= 0.6 is 11.8 Å². The third-order valence-corrected chi connectivity index (χ3v) is 8.77. The molecule has 0 atom stereocenters. The van der Waals surface area contributed by atoms with Gasteiger partial charge in [0.1, 0.15) is 11.3 Å². The number of aromatic nitrogens is 1. The molecule has 0 fully saturated rings. The molecule has 1 aliphatic heterocycles. The van der Waals surface area contributed by atoms with E-state index in [0.29, 0.717) is 22.4 Å². The van der Waals surface area contributed by atoms with Gasteiger partial charge in [-0.2, -0.15) is 0 Å². The van der Waals surface area contributed by atoms with E-state index in [9.17, 15) is 19.5 Å². The Bertz CT molecular complexity index is 2140. The summed E-state index contributed by atoms with van der Waals surface area (Å²) in [6, 6.07) is 33.1. The number of rotatable bonds is 8. The lowest BCUT2D eigenvalue weighted by atomic mass is 10.1. The van der Waals surface area contributed by atoms with Gasteiger partial charge in [-0.15, -0.1) is 11.8 Å². The molecule has 0 aliphatic carbocycles. The number of amides is 2. The molecule has 8 nitrogen and oxygen atoms in total. The molecule has 0 saturated heterocycles. The topological polar surface area (TPSA) is 110 Å². The minimum atomic E-state index is -1.18. The van der Waals surface area contributed by atoms with Crippen LogP contribution in [-0.2, 0) is 5.75 Å².